The summed E-state index contributed by atoms with van der Waals surface area (Å²) in [6, 6.07) is 12.1. The maximum absolute atomic E-state index is 13.7. The zero-order valence-electron chi connectivity index (χ0n) is 20.0. The molecule has 0 aliphatic carbocycles. The van der Waals surface area contributed by atoms with E-state index in [0.717, 1.165) is 37.6 Å². The van der Waals surface area contributed by atoms with Gasteiger partial charge in [-0.1, -0.05) is 11.6 Å². The van der Waals surface area contributed by atoms with Gasteiger partial charge in [0.2, 0.25) is 11.7 Å². The lowest BCUT2D eigenvalue weighted by atomic mass is 10.1. The first-order valence-corrected chi connectivity index (χ1v) is 12.3. The molecule has 2 saturated heterocycles. The Hall–Kier alpha value is -3.14. The van der Waals surface area contributed by atoms with Gasteiger partial charge >= 0.3 is 0 Å². The summed E-state index contributed by atoms with van der Waals surface area (Å²) in [6.07, 6.45) is 4.78. The molecule has 1 aromatic heterocycles. The standard InChI is InChI=1S/C26H28ClFN4O4/c1-19(33)31-10-12-32(13-11-31)21-3-5-22(6-4-21)34-15-23-16-35-26(36-23,17-30-9-8-29-18-30)24-7-2-20(28)14-25(24)27/h2-9,14,18,23H,10-13,15-17H2,1H3/t23-,26-/m0/s1. The maximum Gasteiger partial charge on any atom is 0.219 e. The molecule has 190 valence electrons. The number of halogens is 2. The van der Waals surface area contributed by atoms with Gasteiger partial charge in [0.1, 0.15) is 24.3 Å². The van der Waals surface area contributed by atoms with Crippen molar-refractivity contribution in [2.75, 3.05) is 44.3 Å². The average Bonchev–Trinajstić information content (AvgIpc) is 3.54. The van der Waals surface area contributed by atoms with Gasteiger partial charge in [0.05, 0.1) is 24.5 Å². The van der Waals surface area contributed by atoms with Crippen molar-refractivity contribution in [1.82, 2.24) is 14.5 Å². The zero-order valence-corrected chi connectivity index (χ0v) is 20.7. The Bertz CT molecular complexity index is 1190. The van der Waals surface area contributed by atoms with E-state index in [1.54, 1.807) is 31.7 Å². The number of carbonyl (C=O) groups is 1. The monoisotopic (exact) mass is 514 g/mol. The Kier molecular flexibility index (Phi) is 7.13. The van der Waals surface area contributed by atoms with Gasteiger partial charge in [-0.15, -0.1) is 0 Å². The Morgan fingerprint density at radius 3 is 2.64 bits per heavy atom. The van der Waals surface area contributed by atoms with Gasteiger partial charge in [0.25, 0.3) is 0 Å². The van der Waals surface area contributed by atoms with E-state index in [1.807, 2.05) is 33.7 Å². The molecule has 0 spiro atoms. The molecule has 0 bridgehead atoms. The summed E-state index contributed by atoms with van der Waals surface area (Å²) in [5, 5.41) is 0.233. The predicted molar refractivity (Wildman–Crippen MR) is 133 cm³/mol. The van der Waals surface area contributed by atoms with Crippen LogP contribution in [-0.4, -0.2) is 65.9 Å². The van der Waals surface area contributed by atoms with E-state index in [-0.39, 0.29) is 23.6 Å². The number of aromatic nitrogens is 2. The Balaban J connectivity index is 1.22. The normalized spacial score (nSPS) is 22.1. The van der Waals surface area contributed by atoms with Crippen LogP contribution in [0.4, 0.5) is 10.1 Å². The van der Waals surface area contributed by atoms with Crippen LogP contribution in [-0.2, 0) is 26.6 Å². The molecule has 0 N–H and O–H groups in total. The fourth-order valence-electron chi connectivity index (χ4n) is 4.60. The van der Waals surface area contributed by atoms with Crippen molar-refractivity contribution in [2.24, 2.45) is 0 Å². The van der Waals surface area contributed by atoms with Crippen molar-refractivity contribution in [3.8, 4) is 5.75 Å². The summed E-state index contributed by atoms with van der Waals surface area (Å²) < 4.78 is 34.0. The van der Waals surface area contributed by atoms with E-state index >= 15 is 0 Å². The minimum Gasteiger partial charge on any atom is -0.491 e. The smallest absolute Gasteiger partial charge is 0.219 e. The Morgan fingerprint density at radius 1 is 1.19 bits per heavy atom. The van der Waals surface area contributed by atoms with Crippen LogP contribution in [0.2, 0.25) is 5.02 Å². The van der Waals surface area contributed by atoms with Crippen LogP contribution in [0.1, 0.15) is 12.5 Å². The van der Waals surface area contributed by atoms with Crippen molar-refractivity contribution < 1.29 is 23.4 Å². The second kappa shape index (κ2) is 10.5. The lowest BCUT2D eigenvalue weighted by Gasteiger charge is -2.35. The number of rotatable bonds is 7. The first-order chi connectivity index (χ1) is 17.4. The van der Waals surface area contributed by atoms with E-state index in [4.69, 9.17) is 25.8 Å². The largest absolute Gasteiger partial charge is 0.491 e. The summed E-state index contributed by atoms with van der Waals surface area (Å²) in [5.41, 5.74) is 1.65. The molecular weight excluding hydrogens is 487 g/mol. The third-order valence-corrected chi connectivity index (χ3v) is 6.83. The van der Waals surface area contributed by atoms with E-state index in [9.17, 15) is 9.18 Å². The molecule has 2 aliphatic rings. The average molecular weight is 515 g/mol. The van der Waals surface area contributed by atoms with Crippen molar-refractivity contribution in [2.45, 2.75) is 25.4 Å². The third-order valence-electron chi connectivity index (χ3n) is 6.51. The number of ether oxygens (including phenoxy) is 3. The molecule has 2 aromatic carbocycles. The highest BCUT2D eigenvalue weighted by Gasteiger charge is 2.45. The molecule has 3 aromatic rings. The number of benzene rings is 2. The number of piperazine rings is 1. The molecule has 2 fully saturated rings. The van der Waals surface area contributed by atoms with Crippen molar-refractivity contribution >= 4 is 23.2 Å². The molecule has 3 heterocycles. The zero-order chi connectivity index (χ0) is 25.1. The van der Waals surface area contributed by atoms with Crippen molar-refractivity contribution in [1.29, 1.82) is 0 Å². The predicted octanol–water partition coefficient (Wildman–Crippen LogP) is 3.69. The molecule has 10 heteroatoms. The number of nitrogens with zero attached hydrogens (tertiary/aromatic N) is 4. The second-order valence-corrected chi connectivity index (χ2v) is 9.37. The number of hydrogen-bond donors (Lipinski definition) is 0. The number of anilines is 1. The van der Waals surface area contributed by atoms with Gasteiger partial charge in [-0.2, -0.15) is 0 Å². The summed E-state index contributed by atoms with van der Waals surface area (Å²) in [7, 11) is 0. The van der Waals surface area contributed by atoms with Crippen molar-refractivity contribution in [3.63, 3.8) is 0 Å². The SMILES string of the molecule is CC(=O)N1CCN(c2ccc(OC[C@H]3CO[C@](Cn4ccnc4)(c4ccc(F)cc4Cl)O3)cc2)CC1. The van der Waals surface area contributed by atoms with E-state index in [2.05, 4.69) is 9.88 Å². The fourth-order valence-corrected chi connectivity index (χ4v) is 4.91. The van der Waals surface area contributed by atoms with E-state index in [0.29, 0.717) is 18.7 Å². The van der Waals surface area contributed by atoms with Crippen LogP contribution in [0.3, 0.4) is 0 Å². The van der Waals surface area contributed by atoms with Crippen LogP contribution >= 0.6 is 11.6 Å². The van der Waals surface area contributed by atoms with E-state index < -0.39 is 11.6 Å². The van der Waals surface area contributed by atoms with Gasteiger partial charge in [-0.3, -0.25) is 4.79 Å². The van der Waals surface area contributed by atoms with Gasteiger partial charge in [0.15, 0.2) is 0 Å². The summed E-state index contributed by atoms with van der Waals surface area (Å²) in [6.45, 7) is 5.55. The molecule has 0 saturated carbocycles. The molecule has 1 amide bonds. The molecule has 0 radical (unpaired) electrons. The Labute approximate surface area is 214 Å². The van der Waals surface area contributed by atoms with Crippen LogP contribution in [0.15, 0.2) is 61.2 Å². The first kappa shape index (κ1) is 24.5. The lowest BCUT2D eigenvalue weighted by molar-refractivity contribution is -0.189. The van der Waals surface area contributed by atoms with Crippen LogP contribution < -0.4 is 9.64 Å². The topological polar surface area (TPSA) is 69.1 Å². The van der Waals surface area contributed by atoms with Crippen LogP contribution in [0.25, 0.3) is 0 Å². The minimum atomic E-state index is -1.19. The molecule has 0 unspecified atom stereocenters. The highest BCUT2D eigenvalue weighted by atomic mass is 35.5. The Morgan fingerprint density at radius 2 is 1.97 bits per heavy atom. The highest BCUT2D eigenvalue weighted by molar-refractivity contribution is 6.31. The fraction of sp³-hybridized carbons (Fsp3) is 0.385. The van der Waals surface area contributed by atoms with Crippen molar-refractivity contribution in [3.05, 3.63) is 77.6 Å². The summed E-state index contributed by atoms with van der Waals surface area (Å²) in [4.78, 5) is 19.8. The lowest BCUT2D eigenvalue weighted by Crippen LogP contribution is -2.48. The number of imidazole rings is 1. The molecule has 2 aliphatic heterocycles. The molecule has 36 heavy (non-hydrogen) atoms. The van der Waals surface area contributed by atoms with E-state index in [1.165, 1.54) is 12.1 Å². The van der Waals surface area contributed by atoms with Crippen LogP contribution in [0, 0.1) is 5.82 Å². The molecule has 2 atom stereocenters. The van der Waals surface area contributed by atoms with Gasteiger partial charge in [-0.25, -0.2) is 9.37 Å². The number of hydrogen-bond acceptors (Lipinski definition) is 6. The van der Waals surface area contributed by atoms with Crippen LogP contribution in [0.5, 0.6) is 5.75 Å². The molecular formula is C26H28ClFN4O4. The number of amides is 1. The van der Waals surface area contributed by atoms with Gasteiger partial charge in [0, 0.05) is 56.7 Å². The third kappa shape index (κ3) is 5.33. The first-order valence-electron chi connectivity index (χ1n) is 11.9. The summed E-state index contributed by atoms with van der Waals surface area (Å²) >= 11 is 6.38. The minimum absolute atomic E-state index is 0.118. The molecule has 5 rings (SSSR count). The quantitative estimate of drug-likeness (QED) is 0.479. The maximum atomic E-state index is 13.7. The second-order valence-electron chi connectivity index (χ2n) is 8.96. The number of carbonyl (C=O) groups excluding carboxylic acids is 1. The van der Waals surface area contributed by atoms with Gasteiger partial charge in [-0.05, 0) is 42.5 Å². The van der Waals surface area contributed by atoms with Gasteiger partial charge < -0.3 is 28.6 Å². The summed E-state index contributed by atoms with van der Waals surface area (Å²) in [5.74, 6) is -0.779. The molecule has 8 nitrogen and oxygen atoms in total. The highest BCUT2D eigenvalue weighted by Crippen LogP contribution is 2.40.